The Morgan fingerprint density at radius 3 is 2.67 bits per heavy atom. The Morgan fingerprint density at radius 1 is 0.944 bits per heavy atom. The summed E-state index contributed by atoms with van der Waals surface area (Å²) in [6, 6.07) is 17.4. The lowest BCUT2D eigenvalue weighted by atomic mass is 9.91. The van der Waals surface area contributed by atoms with Crippen LogP contribution in [0, 0.1) is 0 Å². The van der Waals surface area contributed by atoms with Gasteiger partial charge in [-0.15, -0.1) is 0 Å². The monoisotopic (exact) mass is 481 g/mol. The second kappa shape index (κ2) is 10.4. The molecule has 2 aliphatic rings. The number of imidazole rings is 1. The fourth-order valence-corrected chi connectivity index (χ4v) is 5.75. The highest BCUT2D eigenvalue weighted by molar-refractivity contribution is 5.48. The fraction of sp³-hybridized carbons (Fsp3) is 0.414. The van der Waals surface area contributed by atoms with Crippen molar-refractivity contribution >= 4 is 11.6 Å². The summed E-state index contributed by atoms with van der Waals surface area (Å²) in [5.74, 6) is 1.00. The largest absolute Gasteiger partial charge is 0.339 e. The number of piperazine rings is 1. The van der Waals surface area contributed by atoms with Crippen molar-refractivity contribution in [3.8, 4) is 0 Å². The van der Waals surface area contributed by atoms with Gasteiger partial charge in [-0.1, -0.05) is 36.4 Å². The number of aromatic nitrogens is 4. The van der Waals surface area contributed by atoms with Gasteiger partial charge in [-0.25, -0.2) is 9.97 Å². The summed E-state index contributed by atoms with van der Waals surface area (Å²) in [4.78, 5) is 21.8. The smallest absolute Gasteiger partial charge is 0.211 e. The third-order valence-corrected chi connectivity index (χ3v) is 7.74. The minimum atomic E-state index is 0.348. The van der Waals surface area contributed by atoms with Crippen LogP contribution >= 0.6 is 0 Å². The molecule has 0 spiro atoms. The number of hydrogen-bond acceptors (Lipinski definition) is 6. The number of rotatable bonds is 7. The molecule has 1 aliphatic carbocycles. The predicted molar refractivity (Wildman–Crippen MR) is 143 cm³/mol. The molecular formula is C29H35N7. The molecule has 0 unspecified atom stereocenters. The molecule has 1 saturated heterocycles. The van der Waals surface area contributed by atoms with Crippen LogP contribution in [0.25, 0.3) is 5.65 Å². The van der Waals surface area contributed by atoms with Crippen LogP contribution in [0.15, 0.2) is 67.1 Å². The summed E-state index contributed by atoms with van der Waals surface area (Å²) in [6.45, 7) is 6.00. The van der Waals surface area contributed by atoms with Crippen LogP contribution < -0.4 is 4.90 Å². The number of benzene rings is 1. The zero-order valence-electron chi connectivity index (χ0n) is 21.1. The van der Waals surface area contributed by atoms with E-state index < -0.39 is 0 Å². The summed E-state index contributed by atoms with van der Waals surface area (Å²) >= 11 is 0. The normalized spacial score (nSPS) is 18.6. The zero-order valence-corrected chi connectivity index (χ0v) is 21.1. The van der Waals surface area contributed by atoms with Crippen molar-refractivity contribution in [2.45, 2.75) is 38.3 Å². The van der Waals surface area contributed by atoms with Gasteiger partial charge in [0.2, 0.25) is 5.95 Å². The lowest BCUT2D eigenvalue weighted by Gasteiger charge is -2.35. The Hall–Kier alpha value is -3.29. The van der Waals surface area contributed by atoms with E-state index in [1.165, 1.54) is 23.2 Å². The first-order chi connectivity index (χ1) is 17.7. The van der Waals surface area contributed by atoms with Gasteiger partial charge in [-0.2, -0.15) is 0 Å². The van der Waals surface area contributed by atoms with Crippen LogP contribution in [0.2, 0.25) is 0 Å². The fourth-order valence-electron chi connectivity index (χ4n) is 5.75. The van der Waals surface area contributed by atoms with E-state index in [9.17, 15) is 0 Å². The molecule has 186 valence electrons. The quantitative estimate of drug-likeness (QED) is 0.398. The molecule has 1 aliphatic heterocycles. The van der Waals surface area contributed by atoms with Gasteiger partial charge in [-0.3, -0.25) is 19.2 Å². The average Bonchev–Trinajstić information content (AvgIpc) is 3.35. The molecule has 7 heteroatoms. The van der Waals surface area contributed by atoms with Gasteiger partial charge >= 0.3 is 0 Å². The van der Waals surface area contributed by atoms with Crippen LogP contribution in [0.4, 0.5) is 5.95 Å². The number of anilines is 1. The molecule has 36 heavy (non-hydrogen) atoms. The van der Waals surface area contributed by atoms with Crippen LogP contribution in [-0.4, -0.2) is 68.9 Å². The zero-order chi connectivity index (χ0) is 24.3. The number of fused-ring (bicyclic) bond motifs is 2. The molecule has 3 aromatic heterocycles. The summed E-state index contributed by atoms with van der Waals surface area (Å²) in [6.07, 6.45) is 10.6. The first-order valence-corrected chi connectivity index (χ1v) is 13.2. The van der Waals surface area contributed by atoms with Crippen molar-refractivity contribution in [2.24, 2.45) is 0 Å². The first kappa shape index (κ1) is 23.1. The molecule has 1 fully saturated rings. The van der Waals surface area contributed by atoms with Gasteiger partial charge in [0.05, 0.1) is 17.4 Å². The first-order valence-electron chi connectivity index (χ1n) is 13.2. The van der Waals surface area contributed by atoms with Gasteiger partial charge in [0.25, 0.3) is 0 Å². The van der Waals surface area contributed by atoms with Crippen LogP contribution in [-0.2, 0) is 19.4 Å². The van der Waals surface area contributed by atoms with Crippen LogP contribution in [0.5, 0.6) is 0 Å². The number of aryl methyl sites for hydroxylation is 1. The summed E-state index contributed by atoms with van der Waals surface area (Å²) < 4.78 is 2.18. The summed E-state index contributed by atoms with van der Waals surface area (Å²) in [5, 5.41) is 0. The van der Waals surface area contributed by atoms with Gasteiger partial charge in [0.15, 0.2) is 0 Å². The predicted octanol–water partition coefficient (Wildman–Crippen LogP) is 4.00. The van der Waals surface area contributed by atoms with E-state index in [0.29, 0.717) is 6.04 Å². The van der Waals surface area contributed by atoms with E-state index in [1.54, 1.807) is 0 Å². The molecule has 0 saturated carbocycles. The third-order valence-electron chi connectivity index (χ3n) is 7.74. The molecule has 4 heterocycles. The van der Waals surface area contributed by atoms with Crippen molar-refractivity contribution in [3.05, 3.63) is 89.6 Å². The maximum Gasteiger partial charge on any atom is 0.211 e. The van der Waals surface area contributed by atoms with Gasteiger partial charge in [-0.05, 0) is 56.0 Å². The minimum absolute atomic E-state index is 0.348. The lowest BCUT2D eigenvalue weighted by molar-refractivity contribution is 0.206. The molecule has 0 radical (unpaired) electrons. The van der Waals surface area contributed by atoms with Crippen LogP contribution in [0.3, 0.4) is 0 Å². The van der Waals surface area contributed by atoms with E-state index in [-0.39, 0.29) is 0 Å². The lowest BCUT2D eigenvalue weighted by Crippen LogP contribution is -2.47. The van der Waals surface area contributed by atoms with E-state index in [1.807, 2.05) is 18.5 Å². The van der Waals surface area contributed by atoms with Gasteiger partial charge in [0.1, 0.15) is 5.65 Å². The standard InChI is InChI=1S/C29H35N7/c1-33(26-11-5-9-24-10-6-14-30-28(24)26)21-25-22-36-27(32-25)12-15-31-29(36)35-19-17-34(18-20-35)16-13-23-7-3-2-4-8-23/h2-4,6-8,10,12,14-15,22,26H,5,9,11,13,16-21H2,1H3/t26-/m0/s1. The van der Waals surface area contributed by atoms with Gasteiger partial charge in [0, 0.05) is 57.9 Å². The van der Waals surface area contributed by atoms with Crippen molar-refractivity contribution in [2.75, 3.05) is 44.7 Å². The summed E-state index contributed by atoms with van der Waals surface area (Å²) in [7, 11) is 2.20. The maximum atomic E-state index is 4.96. The molecule has 7 nitrogen and oxygen atoms in total. The Kier molecular flexibility index (Phi) is 6.66. The molecule has 0 bridgehead atoms. The Morgan fingerprint density at radius 2 is 1.81 bits per heavy atom. The second-order valence-electron chi connectivity index (χ2n) is 10.1. The Labute approximate surface area is 213 Å². The topological polar surface area (TPSA) is 52.8 Å². The average molecular weight is 482 g/mol. The minimum Gasteiger partial charge on any atom is -0.339 e. The Balaban J connectivity index is 1.12. The molecule has 0 N–H and O–H groups in total. The van der Waals surface area contributed by atoms with Gasteiger partial charge < -0.3 is 4.90 Å². The highest BCUT2D eigenvalue weighted by Gasteiger charge is 2.26. The van der Waals surface area contributed by atoms with E-state index in [0.717, 1.165) is 75.8 Å². The van der Waals surface area contributed by atoms with Crippen LogP contribution in [0.1, 0.15) is 41.4 Å². The van der Waals surface area contributed by atoms with Crippen molar-refractivity contribution in [1.29, 1.82) is 0 Å². The number of pyridine rings is 1. The van der Waals surface area contributed by atoms with E-state index in [2.05, 4.69) is 74.8 Å². The molecule has 0 amide bonds. The van der Waals surface area contributed by atoms with Crippen molar-refractivity contribution in [1.82, 2.24) is 29.2 Å². The number of nitrogens with zero attached hydrogens (tertiary/aromatic N) is 7. The second-order valence-corrected chi connectivity index (χ2v) is 10.1. The molecular weight excluding hydrogens is 446 g/mol. The van der Waals surface area contributed by atoms with E-state index >= 15 is 0 Å². The SMILES string of the molecule is CN(Cc1cn2c(N3CCN(CCc4ccccc4)CC3)nccc2n1)[C@H]1CCCc2cccnc21. The molecule has 6 rings (SSSR count). The van der Waals surface area contributed by atoms with Crippen molar-refractivity contribution < 1.29 is 0 Å². The molecule has 4 aromatic rings. The molecule has 1 atom stereocenters. The van der Waals surface area contributed by atoms with E-state index in [4.69, 9.17) is 15.0 Å². The summed E-state index contributed by atoms with van der Waals surface area (Å²) in [5.41, 5.74) is 6.09. The molecule has 1 aromatic carbocycles. The Bertz CT molecular complexity index is 1290. The highest BCUT2D eigenvalue weighted by Crippen LogP contribution is 2.32. The maximum absolute atomic E-state index is 4.96. The van der Waals surface area contributed by atoms with Crippen molar-refractivity contribution in [3.63, 3.8) is 0 Å². The highest BCUT2D eigenvalue weighted by atomic mass is 15.3. The number of hydrogen-bond donors (Lipinski definition) is 0. The third kappa shape index (κ3) is 4.86.